The van der Waals surface area contributed by atoms with Gasteiger partial charge in [0.05, 0.1) is 13.2 Å². The van der Waals surface area contributed by atoms with Gasteiger partial charge in [-0.15, -0.1) is 13.2 Å². The Morgan fingerprint density at radius 2 is 1.67 bits per heavy atom. The molecule has 1 heterocycles. The molecule has 7 nitrogen and oxygen atoms in total. The number of aromatic amines is 1. The van der Waals surface area contributed by atoms with Crippen molar-refractivity contribution in [3.63, 3.8) is 0 Å². The summed E-state index contributed by atoms with van der Waals surface area (Å²) in [6, 6.07) is 13.4. The van der Waals surface area contributed by atoms with Crippen molar-refractivity contribution in [1.82, 2.24) is 15.3 Å². The van der Waals surface area contributed by atoms with E-state index in [1.807, 2.05) is 26.0 Å². The van der Waals surface area contributed by atoms with E-state index in [1.165, 1.54) is 24.3 Å². The maximum atomic E-state index is 13.2. The summed E-state index contributed by atoms with van der Waals surface area (Å²) in [6.45, 7) is 3.76. The molecule has 10 heteroatoms. The Labute approximate surface area is 205 Å². The topological polar surface area (TPSA) is 93.3 Å². The molecule has 0 radical (unpaired) electrons. The van der Waals surface area contributed by atoms with Gasteiger partial charge in [0.1, 0.15) is 23.0 Å². The first-order valence-corrected chi connectivity index (χ1v) is 11.4. The standard InChI is InChI=1S/C26H26F3N3O4/c1-25(2,17-8-12-18(35-3)13-9-17)24-30-20(14-21(33)31-24)23(34)32-22(15-4-5-15)16-6-10-19(11-7-16)36-26(27,28)29/h6-15,22H,4-5H2,1-3H3,(H,32,34)(H,30,31,33). The smallest absolute Gasteiger partial charge is 0.497 e. The number of ether oxygens (including phenoxy) is 2. The lowest BCUT2D eigenvalue weighted by atomic mass is 9.83. The molecule has 0 spiro atoms. The summed E-state index contributed by atoms with van der Waals surface area (Å²) in [5.41, 5.74) is 0.276. The fraction of sp³-hybridized carbons (Fsp3) is 0.346. The summed E-state index contributed by atoms with van der Waals surface area (Å²) in [5.74, 6) is 0.268. The number of carbonyl (C=O) groups is 1. The highest BCUT2D eigenvalue weighted by Crippen LogP contribution is 2.41. The number of nitrogens with zero attached hydrogens (tertiary/aromatic N) is 1. The van der Waals surface area contributed by atoms with E-state index in [-0.39, 0.29) is 17.4 Å². The zero-order valence-electron chi connectivity index (χ0n) is 20.0. The number of benzene rings is 2. The number of halogens is 3. The van der Waals surface area contributed by atoms with Gasteiger partial charge in [0.15, 0.2) is 0 Å². The minimum absolute atomic E-state index is 0.0435. The number of carbonyl (C=O) groups excluding carboxylic acids is 1. The summed E-state index contributed by atoms with van der Waals surface area (Å²) in [7, 11) is 1.57. The molecule has 3 aromatic rings. The second-order valence-corrected chi connectivity index (χ2v) is 9.24. The largest absolute Gasteiger partial charge is 0.573 e. The molecule has 2 N–H and O–H groups in total. The highest BCUT2D eigenvalue weighted by Gasteiger charge is 2.35. The molecule has 0 saturated heterocycles. The van der Waals surface area contributed by atoms with E-state index >= 15 is 0 Å². The van der Waals surface area contributed by atoms with Gasteiger partial charge in [-0.2, -0.15) is 0 Å². The minimum Gasteiger partial charge on any atom is -0.497 e. The maximum absolute atomic E-state index is 13.2. The Balaban J connectivity index is 1.57. The van der Waals surface area contributed by atoms with Gasteiger partial charge in [-0.1, -0.05) is 24.3 Å². The lowest BCUT2D eigenvalue weighted by Gasteiger charge is -2.25. The number of hydrogen-bond acceptors (Lipinski definition) is 5. The SMILES string of the molecule is COc1ccc(C(C)(C)c2nc(C(=O)NC(c3ccc(OC(F)(F)F)cc3)C3CC3)cc(=O)[nH]2)cc1. The van der Waals surface area contributed by atoms with Crippen molar-refractivity contribution in [2.45, 2.75) is 44.5 Å². The van der Waals surface area contributed by atoms with Crippen molar-refractivity contribution in [3.05, 3.63) is 87.6 Å². The van der Waals surface area contributed by atoms with Crippen molar-refractivity contribution < 1.29 is 27.4 Å². The summed E-state index contributed by atoms with van der Waals surface area (Å²) in [5, 5.41) is 2.91. The van der Waals surface area contributed by atoms with Crippen LogP contribution in [0.4, 0.5) is 13.2 Å². The Bertz CT molecular complexity index is 1280. The first-order chi connectivity index (χ1) is 17.0. The highest BCUT2D eigenvalue weighted by atomic mass is 19.4. The quantitative estimate of drug-likeness (QED) is 0.459. The van der Waals surface area contributed by atoms with Crippen molar-refractivity contribution in [3.8, 4) is 11.5 Å². The van der Waals surface area contributed by atoms with Crippen molar-refractivity contribution in [2.24, 2.45) is 5.92 Å². The third-order valence-electron chi connectivity index (χ3n) is 6.23. The fourth-order valence-corrected chi connectivity index (χ4v) is 4.01. The number of aromatic nitrogens is 2. The number of H-pyrrole nitrogens is 1. The van der Waals surface area contributed by atoms with E-state index in [4.69, 9.17) is 4.74 Å². The van der Waals surface area contributed by atoms with Crippen LogP contribution in [-0.2, 0) is 5.41 Å². The van der Waals surface area contributed by atoms with E-state index in [0.717, 1.165) is 24.5 Å². The van der Waals surface area contributed by atoms with Crippen LogP contribution in [0, 0.1) is 5.92 Å². The molecular weight excluding hydrogens is 475 g/mol. The van der Waals surface area contributed by atoms with E-state index in [1.54, 1.807) is 19.2 Å². The van der Waals surface area contributed by atoms with Crippen LogP contribution in [0.5, 0.6) is 11.5 Å². The number of amides is 1. The maximum Gasteiger partial charge on any atom is 0.573 e. The van der Waals surface area contributed by atoms with Gasteiger partial charge in [0.25, 0.3) is 11.5 Å². The Morgan fingerprint density at radius 3 is 2.22 bits per heavy atom. The zero-order chi connectivity index (χ0) is 26.1. The molecule has 1 aliphatic carbocycles. The first-order valence-electron chi connectivity index (χ1n) is 11.4. The molecule has 1 amide bonds. The molecule has 0 aliphatic heterocycles. The Morgan fingerprint density at radius 1 is 1.06 bits per heavy atom. The Kier molecular flexibility index (Phi) is 6.79. The normalized spacial score (nSPS) is 14.7. The van der Waals surface area contributed by atoms with E-state index < -0.39 is 29.3 Å². The van der Waals surface area contributed by atoms with Gasteiger partial charge in [-0.05, 0) is 68.0 Å². The van der Waals surface area contributed by atoms with Gasteiger partial charge < -0.3 is 19.8 Å². The van der Waals surface area contributed by atoms with Crippen molar-refractivity contribution in [1.29, 1.82) is 0 Å². The van der Waals surface area contributed by atoms with Crippen LogP contribution in [0.3, 0.4) is 0 Å². The van der Waals surface area contributed by atoms with Gasteiger partial charge in [0.2, 0.25) is 0 Å². The van der Waals surface area contributed by atoms with Gasteiger partial charge in [-0.3, -0.25) is 9.59 Å². The predicted octanol–water partition coefficient (Wildman–Crippen LogP) is 4.88. The van der Waals surface area contributed by atoms with Crippen LogP contribution in [0.15, 0.2) is 59.4 Å². The van der Waals surface area contributed by atoms with Crippen LogP contribution in [0.25, 0.3) is 0 Å². The second kappa shape index (κ2) is 9.67. The van der Waals surface area contributed by atoms with E-state index in [2.05, 4.69) is 20.0 Å². The molecule has 1 unspecified atom stereocenters. The van der Waals surface area contributed by atoms with Crippen molar-refractivity contribution >= 4 is 5.91 Å². The molecule has 1 saturated carbocycles. The summed E-state index contributed by atoms with van der Waals surface area (Å²) >= 11 is 0. The van der Waals surface area contributed by atoms with Crippen LogP contribution in [0.1, 0.15) is 60.2 Å². The summed E-state index contributed by atoms with van der Waals surface area (Å²) in [6.07, 6.45) is -3.05. The van der Waals surface area contributed by atoms with Gasteiger partial charge >= 0.3 is 6.36 Å². The lowest BCUT2D eigenvalue weighted by molar-refractivity contribution is -0.274. The number of hydrogen-bond donors (Lipinski definition) is 2. The number of alkyl halides is 3. The van der Waals surface area contributed by atoms with Crippen LogP contribution >= 0.6 is 0 Å². The molecule has 1 aliphatic rings. The third-order valence-corrected chi connectivity index (χ3v) is 6.23. The Hall–Kier alpha value is -3.82. The van der Waals surface area contributed by atoms with Crippen LogP contribution < -0.4 is 20.3 Å². The number of methoxy groups -OCH3 is 1. The first kappa shape index (κ1) is 25.3. The molecule has 0 bridgehead atoms. The third kappa shape index (κ3) is 5.87. The zero-order valence-corrected chi connectivity index (χ0v) is 20.0. The molecular formula is C26H26F3N3O4. The highest BCUT2D eigenvalue weighted by molar-refractivity contribution is 5.92. The minimum atomic E-state index is -4.78. The molecule has 4 rings (SSSR count). The summed E-state index contributed by atoms with van der Waals surface area (Å²) in [4.78, 5) is 32.8. The van der Waals surface area contributed by atoms with Gasteiger partial charge in [-0.25, -0.2) is 4.98 Å². The molecule has 36 heavy (non-hydrogen) atoms. The second-order valence-electron chi connectivity index (χ2n) is 9.24. The molecule has 1 aromatic heterocycles. The predicted molar refractivity (Wildman–Crippen MR) is 126 cm³/mol. The lowest BCUT2D eigenvalue weighted by Crippen LogP contribution is -2.33. The fourth-order valence-electron chi connectivity index (χ4n) is 4.01. The molecule has 1 atom stereocenters. The average molecular weight is 502 g/mol. The average Bonchev–Trinajstić information content (AvgIpc) is 3.67. The van der Waals surface area contributed by atoms with Crippen molar-refractivity contribution in [2.75, 3.05) is 7.11 Å². The molecule has 2 aromatic carbocycles. The number of nitrogens with one attached hydrogen (secondary N) is 2. The van der Waals surface area contributed by atoms with E-state index in [9.17, 15) is 22.8 Å². The van der Waals surface area contributed by atoms with Gasteiger partial charge in [0, 0.05) is 11.5 Å². The molecule has 1 fully saturated rings. The monoisotopic (exact) mass is 501 g/mol. The van der Waals surface area contributed by atoms with Crippen LogP contribution in [-0.4, -0.2) is 29.3 Å². The van der Waals surface area contributed by atoms with E-state index in [0.29, 0.717) is 17.1 Å². The summed E-state index contributed by atoms with van der Waals surface area (Å²) < 4.78 is 46.5. The van der Waals surface area contributed by atoms with Crippen LogP contribution in [0.2, 0.25) is 0 Å². The molecule has 190 valence electrons. The number of rotatable bonds is 8.